The first-order chi connectivity index (χ1) is 7.69. The van der Waals surface area contributed by atoms with Gasteiger partial charge in [-0.15, -0.1) is 0 Å². The molecule has 0 aromatic heterocycles. The first kappa shape index (κ1) is 12.5. The molecule has 16 heavy (non-hydrogen) atoms. The summed E-state index contributed by atoms with van der Waals surface area (Å²) in [5.41, 5.74) is 6.29. The van der Waals surface area contributed by atoms with Crippen molar-refractivity contribution in [2.75, 3.05) is 31.1 Å². The van der Waals surface area contributed by atoms with Gasteiger partial charge in [0.25, 0.3) is 0 Å². The van der Waals surface area contributed by atoms with Gasteiger partial charge in [0, 0.05) is 47.5 Å². The third-order valence-corrected chi connectivity index (χ3v) is 5.85. The Bertz CT molecular complexity index is 262. The molecular weight excluding hydrogens is 220 g/mol. The molecule has 2 unspecified atom stereocenters. The second-order valence-electron chi connectivity index (χ2n) is 5.29. The van der Waals surface area contributed by atoms with Crippen molar-refractivity contribution < 1.29 is 4.21 Å². The zero-order valence-electron chi connectivity index (χ0n) is 10.3. The lowest BCUT2D eigenvalue weighted by atomic mass is 9.72. The molecule has 0 bridgehead atoms. The van der Waals surface area contributed by atoms with Gasteiger partial charge in [-0.2, -0.15) is 0 Å². The maximum Gasteiger partial charge on any atom is 0.0363 e. The predicted octanol–water partition coefficient (Wildman–Crippen LogP) is 0.958. The number of hydrogen-bond acceptors (Lipinski definition) is 3. The van der Waals surface area contributed by atoms with E-state index in [2.05, 4.69) is 11.8 Å². The zero-order chi connectivity index (χ0) is 11.6. The van der Waals surface area contributed by atoms with Crippen LogP contribution in [0.4, 0.5) is 0 Å². The number of hydrogen-bond donors (Lipinski definition) is 1. The summed E-state index contributed by atoms with van der Waals surface area (Å²) in [5, 5.41) is 0. The fraction of sp³-hybridized carbons (Fsp3) is 1.00. The SMILES string of the molecule is CC1CCCCC1(CN)N1CCS(=O)CC1. The van der Waals surface area contributed by atoms with E-state index in [0.717, 1.165) is 31.1 Å². The summed E-state index contributed by atoms with van der Waals surface area (Å²) >= 11 is 0. The van der Waals surface area contributed by atoms with Gasteiger partial charge in [-0.05, 0) is 18.8 Å². The van der Waals surface area contributed by atoms with Gasteiger partial charge in [-0.3, -0.25) is 9.11 Å². The van der Waals surface area contributed by atoms with E-state index in [1.54, 1.807) is 0 Å². The average Bonchev–Trinajstić information content (AvgIpc) is 2.31. The summed E-state index contributed by atoms with van der Waals surface area (Å²) in [6, 6.07) is 0. The molecule has 3 nitrogen and oxygen atoms in total. The minimum atomic E-state index is -0.579. The minimum absolute atomic E-state index is 0.211. The Hall–Kier alpha value is 0.0700. The van der Waals surface area contributed by atoms with E-state index < -0.39 is 10.8 Å². The summed E-state index contributed by atoms with van der Waals surface area (Å²) in [6.07, 6.45) is 5.19. The van der Waals surface area contributed by atoms with Crippen LogP contribution in [0.25, 0.3) is 0 Å². The Morgan fingerprint density at radius 1 is 1.38 bits per heavy atom. The van der Waals surface area contributed by atoms with E-state index in [1.165, 1.54) is 25.7 Å². The number of rotatable bonds is 2. The van der Waals surface area contributed by atoms with Crippen LogP contribution in [0.15, 0.2) is 0 Å². The standard InChI is InChI=1S/C12H24N2OS/c1-11-4-2-3-5-12(11,10-13)14-6-8-16(15)9-7-14/h11H,2-10,13H2,1H3. The Balaban J connectivity index is 2.10. The molecule has 1 aliphatic heterocycles. The summed E-state index contributed by atoms with van der Waals surface area (Å²) in [6.45, 7) is 5.07. The molecule has 0 aromatic rings. The van der Waals surface area contributed by atoms with Gasteiger partial charge in [0.1, 0.15) is 0 Å². The van der Waals surface area contributed by atoms with Crippen LogP contribution in [-0.2, 0) is 10.8 Å². The van der Waals surface area contributed by atoms with Gasteiger partial charge in [0.05, 0.1) is 0 Å². The van der Waals surface area contributed by atoms with Crippen molar-refractivity contribution >= 4 is 10.8 Å². The van der Waals surface area contributed by atoms with Gasteiger partial charge in [-0.1, -0.05) is 19.8 Å². The van der Waals surface area contributed by atoms with Crippen LogP contribution < -0.4 is 5.73 Å². The quantitative estimate of drug-likeness (QED) is 0.787. The first-order valence-corrected chi connectivity index (χ1v) is 7.98. The molecule has 4 heteroatoms. The lowest BCUT2D eigenvalue weighted by Gasteiger charge is -2.51. The number of nitrogens with two attached hydrogens (primary N) is 1. The summed E-state index contributed by atoms with van der Waals surface area (Å²) in [5.74, 6) is 2.38. The van der Waals surface area contributed by atoms with Crippen LogP contribution in [0.3, 0.4) is 0 Å². The molecule has 1 heterocycles. The van der Waals surface area contributed by atoms with E-state index in [1.807, 2.05) is 0 Å². The summed E-state index contributed by atoms with van der Waals surface area (Å²) in [4.78, 5) is 2.54. The highest BCUT2D eigenvalue weighted by Gasteiger charge is 2.42. The van der Waals surface area contributed by atoms with Gasteiger partial charge in [0.2, 0.25) is 0 Å². The maximum atomic E-state index is 11.4. The third-order valence-electron chi connectivity index (χ3n) is 4.58. The van der Waals surface area contributed by atoms with E-state index in [-0.39, 0.29) is 5.54 Å². The van der Waals surface area contributed by atoms with E-state index in [4.69, 9.17) is 5.73 Å². The second kappa shape index (κ2) is 5.15. The molecule has 1 saturated carbocycles. The molecule has 2 N–H and O–H groups in total. The molecule has 0 amide bonds. The van der Waals surface area contributed by atoms with Crippen LogP contribution in [0.2, 0.25) is 0 Å². The molecule has 2 aliphatic rings. The van der Waals surface area contributed by atoms with Crippen LogP contribution in [0, 0.1) is 5.92 Å². The Morgan fingerprint density at radius 2 is 2.06 bits per heavy atom. The molecule has 2 rings (SSSR count). The Labute approximate surface area is 101 Å². The molecule has 0 aromatic carbocycles. The predicted molar refractivity (Wildman–Crippen MR) is 68.9 cm³/mol. The van der Waals surface area contributed by atoms with E-state index in [0.29, 0.717) is 5.92 Å². The van der Waals surface area contributed by atoms with Crippen molar-refractivity contribution in [3.8, 4) is 0 Å². The molecule has 94 valence electrons. The van der Waals surface area contributed by atoms with E-state index in [9.17, 15) is 4.21 Å². The third kappa shape index (κ3) is 2.20. The van der Waals surface area contributed by atoms with Crippen molar-refractivity contribution in [1.82, 2.24) is 4.90 Å². The van der Waals surface area contributed by atoms with Crippen LogP contribution in [-0.4, -0.2) is 45.8 Å². The molecule has 1 aliphatic carbocycles. The van der Waals surface area contributed by atoms with Gasteiger partial charge >= 0.3 is 0 Å². The monoisotopic (exact) mass is 244 g/mol. The molecular formula is C12H24N2OS. The lowest BCUT2D eigenvalue weighted by molar-refractivity contribution is 0.0202. The highest BCUT2D eigenvalue weighted by atomic mass is 32.2. The second-order valence-corrected chi connectivity index (χ2v) is 6.99. The van der Waals surface area contributed by atoms with Crippen LogP contribution >= 0.6 is 0 Å². The largest absolute Gasteiger partial charge is 0.329 e. The van der Waals surface area contributed by atoms with Crippen molar-refractivity contribution in [3.05, 3.63) is 0 Å². The highest BCUT2D eigenvalue weighted by Crippen LogP contribution is 2.38. The first-order valence-electron chi connectivity index (χ1n) is 6.49. The highest BCUT2D eigenvalue weighted by molar-refractivity contribution is 7.85. The molecule has 0 radical (unpaired) electrons. The van der Waals surface area contributed by atoms with Gasteiger partial charge < -0.3 is 5.73 Å². The van der Waals surface area contributed by atoms with Crippen molar-refractivity contribution in [1.29, 1.82) is 0 Å². The topological polar surface area (TPSA) is 46.3 Å². The number of nitrogens with zero attached hydrogens (tertiary/aromatic N) is 1. The van der Waals surface area contributed by atoms with Crippen molar-refractivity contribution in [3.63, 3.8) is 0 Å². The van der Waals surface area contributed by atoms with Gasteiger partial charge in [-0.25, -0.2) is 0 Å². The molecule has 2 atom stereocenters. The van der Waals surface area contributed by atoms with Crippen LogP contribution in [0.1, 0.15) is 32.6 Å². The lowest BCUT2D eigenvalue weighted by Crippen LogP contribution is -2.62. The summed E-state index contributed by atoms with van der Waals surface area (Å²) < 4.78 is 11.4. The molecule has 2 fully saturated rings. The fourth-order valence-corrected chi connectivity index (χ4v) is 4.43. The molecule has 0 spiro atoms. The maximum absolute atomic E-state index is 11.4. The van der Waals surface area contributed by atoms with Crippen molar-refractivity contribution in [2.24, 2.45) is 11.7 Å². The Kier molecular flexibility index (Phi) is 4.03. The Morgan fingerprint density at radius 3 is 2.62 bits per heavy atom. The normalized spacial score (nSPS) is 38.8. The smallest absolute Gasteiger partial charge is 0.0363 e. The molecule has 1 saturated heterocycles. The van der Waals surface area contributed by atoms with E-state index >= 15 is 0 Å². The van der Waals surface area contributed by atoms with Crippen molar-refractivity contribution in [2.45, 2.75) is 38.1 Å². The average molecular weight is 244 g/mol. The minimum Gasteiger partial charge on any atom is -0.329 e. The summed E-state index contributed by atoms with van der Waals surface area (Å²) in [7, 11) is -0.579. The van der Waals surface area contributed by atoms with Gasteiger partial charge in [0.15, 0.2) is 0 Å². The zero-order valence-corrected chi connectivity index (χ0v) is 11.1. The van der Waals surface area contributed by atoms with Crippen LogP contribution in [0.5, 0.6) is 0 Å². The fourth-order valence-electron chi connectivity index (χ4n) is 3.38.